The third-order valence-corrected chi connectivity index (χ3v) is 4.79. The van der Waals surface area contributed by atoms with Crippen LogP contribution in [0.3, 0.4) is 0 Å². The number of fused-ring (bicyclic) bond motifs is 1. The zero-order chi connectivity index (χ0) is 24.2. The summed E-state index contributed by atoms with van der Waals surface area (Å²) >= 11 is 0. The number of alkyl halides is 3. The summed E-state index contributed by atoms with van der Waals surface area (Å²) in [4.78, 5) is 32.9. The maximum absolute atomic E-state index is 12.7. The van der Waals surface area contributed by atoms with Crippen molar-refractivity contribution in [2.45, 2.75) is 32.6 Å². The van der Waals surface area contributed by atoms with Crippen LogP contribution in [0.25, 0.3) is 10.9 Å². The smallest absolute Gasteiger partial charge is 0.368 e. The summed E-state index contributed by atoms with van der Waals surface area (Å²) in [5, 5.41) is 8.76. The molecule has 0 spiro atoms. The van der Waals surface area contributed by atoms with Crippen LogP contribution < -0.4 is 21.7 Å². The fourth-order valence-corrected chi connectivity index (χ4v) is 3.10. The molecule has 11 heteroatoms. The van der Waals surface area contributed by atoms with E-state index in [0.717, 1.165) is 24.3 Å². The van der Waals surface area contributed by atoms with Crippen molar-refractivity contribution < 1.29 is 22.8 Å². The molecule has 0 bridgehead atoms. The number of amides is 3. The first-order valence-corrected chi connectivity index (χ1v) is 10.1. The molecule has 5 N–H and O–H groups in total. The number of anilines is 2. The van der Waals surface area contributed by atoms with Crippen LogP contribution in [-0.4, -0.2) is 27.9 Å². The van der Waals surface area contributed by atoms with Gasteiger partial charge in [-0.15, -0.1) is 0 Å². The molecule has 0 saturated heterocycles. The highest BCUT2D eigenvalue weighted by Gasteiger charge is 2.30. The summed E-state index contributed by atoms with van der Waals surface area (Å²) in [5.41, 5.74) is 5.49. The molecule has 0 unspecified atom stereocenters. The second kappa shape index (κ2) is 9.72. The topological polar surface area (TPSA) is 122 Å². The average Bonchev–Trinajstić information content (AvgIpc) is 2.75. The maximum atomic E-state index is 12.7. The molecule has 2 aromatic carbocycles. The Morgan fingerprint density at radius 1 is 1.03 bits per heavy atom. The van der Waals surface area contributed by atoms with Crippen molar-refractivity contribution in [2.24, 2.45) is 11.7 Å². The lowest BCUT2D eigenvalue weighted by Crippen LogP contribution is -2.40. The van der Waals surface area contributed by atoms with Crippen LogP contribution in [0.2, 0.25) is 0 Å². The average molecular weight is 460 g/mol. The minimum Gasteiger partial charge on any atom is -0.368 e. The van der Waals surface area contributed by atoms with Crippen molar-refractivity contribution in [1.82, 2.24) is 15.3 Å². The van der Waals surface area contributed by atoms with Gasteiger partial charge < -0.3 is 21.7 Å². The molecule has 1 aromatic heterocycles. The molecule has 0 aliphatic heterocycles. The Morgan fingerprint density at radius 3 is 2.30 bits per heavy atom. The zero-order valence-corrected chi connectivity index (χ0v) is 17.9. The predicted molar refractivity (Wildman–Crippen MR) is 118 cm³/mol. The first kappa shape index (κ1) is 23.8. The lowest BCUT2D eigenvalue weighted by atomic mass is 10.0. The van der Waals surface area contributed by atoms with Gasteiger partial charge in [0.2, 0.25) is 5.91 Å². The molecule has 1 heterocycles. The van der Waals surface area contributed by atoms with Crippen molar-refractivity contribution in [3.8, 4) is 0 Å². The number of urea groups is 1. The standard InChI is InChI=1S/C22H23F3N6O2/c1-12(2)18(19(26)32)31-20-15-5-3-4-6-16(15)29-17(30-20)11-27-21(33)28-14-9-7-13(8-10-14)22(23,24)25/h3-10,12,18H,11H2,1-2H3,(H2,26,32)(H2,27,28,33)(H,29,30,31)/t18-/m0/s1. The molecule has 3 amide bonds. The normalized spacial score (nSPS) is 12.4. The monoisotopic (exact) mass is 460 g/mol. The number of nitrogens with two attached hydrogens (primary N) is 1. The Labute approximate surface area is 187 Å². The number of hydrogen-bond donors (Lipinski definition) is 4. The first-order chi connectivity index (χ1) is 15.5. The van der Waals surface area contributed by atoms with Crippen LogP contribution in [-0.2, 0) is 17.5 Å². The van der Waals surface area contributed by atoms with Gasteiger partial charge in [0.1, 0.15) is 11.9 Å². The van der Waals surface area contributed by atoms with Gasteiger partial charge in [0, 0.05) is 11.1 Å². The van der Waals surface area contributed by atoms with Crippen molar-refractivity contribution in [2.75, 3.05) is 10.6 Å². The van der Waals surface area contributed by atoms with E-state index in [1.54, 1.807) is 24.3 Å². The lowest BCUT2D eigenvalue weighted by molar-refractivity contribution is -0.137. The van der Waals surface area contributed by atoms with Gasteiger partial charge in [0.25, 0.3) is 0 Å². The zero-order valence-electron chi connectivity index (χ0n) is 17.9. The Balaban J connectivity index is 1.73. The minimum absolute atomic E-state index is 0.0606. The fourth-order valence-electron chi connectivity index (χ4n) is 3.10. The largest absolute Gasteiger partial charge is 0.416 e. The van der Waals surface area contributed by atoms with E-state index in [9.17, 15) is 22.8 Å². The molecular formula is C22H23F3N6O2. The van der Waals surface area contributed by atoms with E-state index in [-0.39, 0.29) is 24.0 Å². The molecule has 3 rings (SSSR count). The molecule has 8 nitrogen and oxygen atoms in total. The number of rotatable bonds is 7. The van der Waals surface area contributed by atoms with E-state index in [4.69, 9.17) is 5.73 Å². The summed E-state index contributed by atoms with van der Waals surface area (Å²) in [6, 6.07) is 9.94. The van der Waals surface area contributed by atoms with Crippen LogP contribution in [0.15, 0.2) is 48.5 Å². The van der Waals surface area contributed by atoms with Gasteiger partial charge in [-0.1, -0.05) is 26.0 Å². The van der Waals surface area contributed by atoms with Crippen LogP contribution in [0.4, 0.5) is 29.5 Å². The van der Waals surface area contributed by atoms with Crippen LogP contribution in [0.1, 0.15) is 25.2 Å². The Morgan fingerprint density at radius 2 is 1.70 bits per heavy atom. The van der Waals surface area contributed by atoms with E-state index in [1.807, 2.05) is 13.8 Å². The van der Waals surface area contributed by atoms with E-state index >= 15 is 0 Å². The number of nitrogens with one attached hydrogen (secondary N) is 3. The first-order valence-electron chi connectivity index (χ1n) is 10.1. The third-order valence-electron chi connectivity index (χ3n) is 4.79. The highest BCUT2D eigenvalue weighted by molar-refractivity contribution is 5.92. The van der Waals surface area contributed by atoms with Gasteiger partial charge in [0.05, 0.1) is 17.6 Å². The Hall–Kier alpha value is -3.89. The molecule has 1 atom stereocenters. The molecule has 174 valence electrons. The van der Waals surface area contributed by atoms with Crippen molar-refractivity contribution >= 4 is 34.3 Å². The molecule has 0 saturated carbocycles. The number of aromatic nitrogens is 2. The molecular weight excluding hydrogens is 437 g/mol. The Kier molecular flexibility index (Phi) is 7.00. The second-order valence-electron chi connectivity index (χ2n) is 7.66. The summed E-state index contributed by atoms with van der Waals surface area (Å²) in [6.45, 7) is 3.63. The minimum atomic E-state index is -4.46. The third kappa shape index (κ3) is 6.09. The summed E-state index contributed by atoms with van der Waals surface area (Å²) in [5.74, 6) is 0.0550. The van der Waals surface area contributed by atoms with Gasteiger partial charge in [-0.3, -0.25) is 4.79 Å². The molecule has 0 aliphatic rings. The van der Waals surface area contributed by atoms with Gasteiger partial charge in [0.15, 0.2) is 5.82 Å². The summed E-state index contributed by atoms with van der Waals surface area (Å²) in [7, 11) is 0. The quantitative estimate of drug-likeness (QED) is 0.426. The van der Waals surface area contributed by atoms with Crippen molar-refractivity contribution in [3.05, 3.63) is 59.9 Å². The number of hydrogen-bond acceptors (Lipinski definition) is 5. The van der Waals surface area contributed by atoms with Crippen molar-refractivity contribution in [1.29, 1.82) is 0 Å². The van der Waals surface area contributed by atoms with E-state index in [0.29, 0.717) is 16.7 Å². The number of primary amides is 1. The number of carbonyl (C=O) groups is 2. The van der Waals surface area contributed by atoms with Gasteiger partial charge >= 0.3 is 12.2 Å². The second-order valence-corrected chi connectivity index (χ2v) is 7.66. The highest BCUT2D eigenvalue weighted by Crippen LogP contribution is 2.29. The van der Waals surface area contributed by atoms with E-state index in [2.05, 4.69) is 25.9 Å². The van der Waals surface area contributed by atoms with Gasteiger partial charge in [-0.25, -0.2) is 14.8 Å². The SMILES string of the molecule is CC(C)[C@H](Nc1nc(CNC(=O)Nc2ccc(C(F)(F)F)cc2)nc2ccccc12)C(N)=O. The van der Waals surface area contributed by atoms with Crippen LogP contribution >= 0.6 is 0 Å². The lowest BCUT2D eigenvalue weighted by Gasteiger charge is -2.21. The number of carbonyl (C=O) groups excluding carboxylic acids is 2. The number of para-hydroxylation sites is 1. The van der Waals surface area contributed by atoms with E-state index in [1.165, 1.54) is 0 Å². The van der Waals surface area contributed by atoms with Crippen LogP contribution in [0.5, 0.6) is 0 Å². The molecule has 33 heavy (non-hydrogen) atoms. The van der Waals surface area contributed by atoms with Crippen molar-refractivity contribution in [3.63, 3.8) is 0 Å². The number of benzene rings is 2. The predicted octanol–water partition coefficient (Wildman–Crippen LogP) is 3.89. The van der Waals surface area contributed by atoms with Gasteiger partial charge in [-0.05, 0) is 42.3 Å². The summed E-state index contributed by atoms with van der Waals surface area (Å²) in [6.07, 6.45) is -4.46. The van der Waals surface area contributed by atoms with Crippen LogP contribution in [0, 0.1) is 5.92 Å². The summed E-state index contributed by atoms with van der Waals surface area (Å²) < 4.78 is 38.0. The maximum Gasteiger partial charge on any atom is 0.416 e. The highest BCUT2D eigenvalue weighted by atomic mass is 19.4. The molecule has 0 fully saturated rings. The van der Waals surface area contributed by atoms with E-state index < -0.39 is 29.7 Å². The fraction of sp³-hybridized carbons (Fsp3) is 0.273. The molecule has 3 aromatic rings. The molecule has 0 radical (unpaired) electrons. The number of nitrogens with zero attached hydrogens (tertiary/aromatic N) is 2. The molecule has 0 aliphatic carbocycles. The number of halogens is 3. The van der Waals surface area contributed by atoms with Gasteiger partial charge in [-0.2, -0.15) is 13.2 Å². The Bertz CT molecular complexity index is 1150.